The first kappa shape index (κ1) is 22.8. The van der Waals surface area contributed by atoms with Crippen molar-refractivity contribution < 1.29 is 22.7 Å². The maximum absolute atomic E-state index is 13.6. The van der Waals surface area contributed by atoms with E-state index in [0.29, 0.717) is 0 Å². The minimum absolute atomic E-state index is 0.163. The van der Waals surface area contributed by atoms with E-state index in [9.17, 15) is 18.0 Å². The van der Waals surface area contributed by atoms with Crippen LogP contribution in [0, 0.1) is 17.8 Å². The highest BCUT2D eigenvalue weighted by Gasteiger charge is 2.43. The van der Waals surface area contributed by atoms with Crippen LogP contribution in [-0.2, 0) is 10.9 Å². The van der Waals surface area contributed by atoms with Crippen LogP contribution in [0.15, 0.2) is 6.20 Å². The summed E-state index contributed by atoms with van der Waals surface area (Å²) in [7, 11) is 0. The molecule has 1 aliphatic rings. The Kier molecular flexibility index (Phi) is 6.07. The fourth-order valence-electron chi connectivity index (χ4n) is 3.13. The summed E-state index contributed by atoms with van der Waals surface area (Å²) in [6.45, 7) is 11.6. The summed E-state index contributed by atoms with van der Waals surface area (Å²) in [5, 5.41) is 0. The Morgan fingerprint density at radius 3 is 2.31 bits per heavy atom. The van der Waals surface area contributed by atoms with Crippen LogP contribution in [0.5, 0.6) is 0 Å². The summed E-state index contributed by atoms with van der Waals surface area (Å²) in [5.74, 6) is 1.80. The number of carbonyl (C=O) groups is 1. The van der Waals surface area contributed by atoms with Gasteiger partial charge in [-0.15, -0.1) is 6.42 Å². The zero-order valence-electron chi connectivity index (χ0n) is 17.6. The van der Waals surface area contributed by atoms with E-state index in [1.54, 1.807) is 25.7 Å². The summed E-state index contributed by atoms with van der Waals surface area (Å²) >= 11 is 0. The lowest BCUT2D eigenvalue weighted by atomic mass is 9.84. The molecule has 6 nitrogen and oxygen atoms in total. The third-order valence-electron chi connectivity index (χ3n) is 4.48. The van der Waals surface area contributed by atoms with Crippen LogP contribution in [0.3, 0.4) is 0 Å². The normalized spacial score (nSPS) is 18.4. The first-order valence-electron chi connectivity index (χ1n) is 9.29. The lowest BCUT2D eigenvalue weighted by Gasteiger charge is -2.47. The lowest BCUT2D eigenvalue weighted by molar-refractivity contribution is -0.141. The van der Waals surface area contributed by atoms with Gasteiger partial charge in [0.05, 0.1) is 12.2 Å². The highest BCUT2D eigenvalue weighted by molar-refractivity contribution is 5.69. The molecule has 0 saturated carbocycles. The molecule has 0 radical (unpaired) electrons. The number of carbonyl (C=O) groups excluding carboxylic acids is 1. The molecule has 1 saturated heterocycles. The van der Waals surface area contributed by atoms with Crippen molar-refractivity contribution in [2.75, 3.05) is 24.5 Å². The Morgan fingerprint density at radius 2 is 1.83 bits per heavy atom. The smallest absolute Gasteiger partial charge is 0.437 e. The number of nitrogens with zero attached hydrogens (tertiary/aromatic N) is 4. The van der Waals surface area contributed by atoms with Crippen LogP contribution in [0.4, 0.5) is 23.8 Å². The predicted octanol–water partition coefficient (Wildman–Crippen LogP) is 3.95. The minimum Gasteiger partial charge on any atom is -0.444 e. The van der Waals surface area contributed by atoms with Gasteiger partial charge in [-0.3, -0.25) is 0 Å². The number of aromatic nitrogens is 2. The number of alkyl halides is 3. The highest BCUT2D eigenvalue weighted by atomic mass is 19.4. The number of hydrogen-bond donors (Lipinski definition) is 0. The quantitative estimate of drug-likeness (QED) is 0.654. The van der Waals surface area contributed by atoms with Crippen molar-refractivity contribution in [2.45, 2.75) is 59.4 Å². The third-order valence-corrected chi connectivity index (χ3v) is 4.48. The minimum atomic E-state index is -4.70. The number of terminal acetylenes is 1. The Morgan fingerprint density at radius 1 is 1.21 bits per heavy atom. The first-order chi connectivity index (χ1) is 13.1. The molecule has 0 N–H and O–H groups in total. The summed E-state index contributed by atoms with van der Waals surface area (Å²) < 4.78 is 46.2. The van der Waals surface area contributed by atoms with E-state index >= 15 is 0 Å². The van der Waals surface area contributed by atoms with Crippen LogP contribution in [0.1, 0.15) is 52.9 Å². The van der Waals surface area contributed by atoms with Gasteiger partial charge in [-0.1, -0.05) is 20.8 Å². The van der Waals surface area contributed by atoms with Crippen molar-refractivity contribution in [3.05, 3.63) is 17.6 Å². The van der Waals surface area contributed by atoms with Crippen LogP contribution in [0.25, 0.3) is 0 Å². The van der Waals surface area contributed by atoms with Crippen molar-refractivity contribution in [3.63, 3.8) is 0 Å². The molecule has 29 heavy (non-hydrogen) atoms. The van der Waals surface area contributed by atoms with Gasteiger partial charge in [0.25, 0.3) is 0 Å². The van der Waals surface area contributed by atoms with E-state index in [-0.39, 0.29) is 37.2 Å². The second-order valence-electron chi connectivity index (χ2n) is 9.07. The molecule has 1 aliphatic heterocycles. The molecule has 0 aromatic carbocycles. The van der Waals surface area contributed by atoms with Gasteiger partial charge < -0.3 is 14.5 Å². The fraction of sp³-hybridized carbons (Fsp3) is 0.650. The zero-order chi connectivity index (χ0) is 22.2. The van der Waals surface area contributed by atoms with Crippen molar-refractivity contribution in [3.8, 4) is 12.3 Å². The van der Waals surface area contributed by atoms with Crippen molar-refractivity contribution >= 4 is 11.9 Å². The van der Waals surface area contributed by atoms with Crippen molar-refractivity contribution in [1.82, 2.24) is 14.9 Å². The molecule has 0 spiro atoms. The van der Waals surface area contributed by atoms with Crippen LogP contribution in [-0.4, -0.2) is 52.2 Å². The van der Waals surface area contributed by atoms with E-state index in [1.165, 1.54) is 4.90 Å². The molecule has 1 amide bonds. The monoisotopic (exact) mass is 412 g/mol. The maximum atomic E-state index is 13.6. The van der Waals surface area contributed by atoms with Gasteiger partial charge in [-0.25, -0.2) is 14.8 Å². The number of ether oxygens (including phenoxy) is 1. The van der Waals surface area contributed by atoms with E-state index < -0.39 is 29.0 Å². The molecular weight excluding hydrogens is 385 g/mol. The molecular formula is C20H27F3N4O2. The molecule has 2 heterocycles. The number of piperazine rings is 1. The van der Waals surface area contributed by atoms with E-state index in [4.69, 9.17) is 11.2 Å². The number of rotatable bonds is 1. The average molecular weight is 412 g/mol. The van der Waals surface area contributed by atoms with Crippen molar-refractivity contribution in [2.24, 2.45) is 5.41 Å². The van der Waals surface area contributed by atoms with Crippen LogP contribution >= 0.6 is 0 Å². The predicted molar refractivity (Wildman–Crippen MR) is 103 cm³/mol. The molecule has 9 heteroatoms. The van der Waals surface area contributed by atoms with Crippen LogP contribution in [0.2, 0.25) is 0 Å². The Bertz CT molecular complexity index is 804. The largest absolute Gasteiger partial charge is 0.444 e. The molecule has 1 aromatic rings. The zero-order valence-corrected chi connectivity index (χ0v) is 17.6. The Labute approximate surface area is 169 Å². The average Bonchev–Trinajstić information content (AvgIpc) is 2.57. The molecule has 2 rings (SSSR count). The summed E-state index contributed by atoms with van der Waals surface area (Å²) in [5.41, 5.74) is -2.37. The van der Waals surface area contributed by atoms with Gasteiger partial charge in [0.15, 0.2) is 11.5 Å². The molecule has 160 valence electrons. The van der Waals surface area contributed by atoms with Gasteiger partial charge in [0.2, 0.25) is 0 Å². The van der Waals surface area contributed by atoms with Gasteiger partial charge >= 0.3 is 12.3 Å². The van der Waals surface area contributed by atoms with Gasteiger partial charge in [0.1, 0.15) is 11.3 Å². The van der Waals surface area contributed by atoms with Gasteiger partial charge in [0, 0.05) is 19.6 Å². The molecule has 1 aromatic heterocycles. The second kappa shape index (κ2) is 7.73. The summed E-state index contributed by atoms with van der Waals surface area (Å²) in [6, 6.07) is -0.388. The number of amides is 1. The second-order valence-corrected chi connectivity index (χ2v) is 9.07. The molecule has 1 fully saturated rings. The molecule has 1 unspecified atom stereocenters. The molecule has 1 atom stereocenters. The van der Waals surface area contributed by atoms with E-state index in [2.05, 4.69) is 15.9 Å². The van der Waals surface area contributed by atoms with E-state index in [0.717, 1.165) is 6.20 Å². The lowest BCUT2D eigenvalue weighted by Crippen LogP contribution is -2.60. The SMILES string of the molecule is C#Cc1cnc(N2CCN(C(=O)OC(C)(C)C)C(C(C)(C)C)C2)c(C(F)(F)F)n1. The first-order valence-corrected chi connectivity index (χ1v) is 9.29. The number of hydrogen-bond acceptors (Lipinski definition) is 5. The van der Waals surface area contributed by atoms with E-state index in [1.807, 2.05) is 20.8 Å². The molecule has 0 bridgehead atoms. The Balaban J connectivity index is 2.38. The van der Waals surface area contributed by atoms with Gasteiger partial charge in [-0.05, 0) is 32.1 Å². The standard InChI is InChI=1S/C20H27F3N4O2/c1-8-13-11-24-16(15(25-13)20(21,22)23)26-9-10-27(14(12-26)18(2,3)4)17(28)29-19(5,6)7/h1,11,14H,9-10,12H2,2-7H3. The Hall–Kier alpha value is -2.50. The van der Waals surface area contributed by atoms with Crippen LogP contribution < -0.4 is 4.90 Å². The summed E-state index contributed by atoms with van der Waals surface area (Å²) in [6.07, 6.45) is 1.15. The number of halogens is 3. The fourth-order valence-corrected chi connectivity index (χ4v) is 3.13. The van der Waals surface area contributed by atoms with Crippen molar-refractivity contribution in [1.29, 1.82) is 0 Å². The third kappa shape index (κ3) is 5.52. The summed E-state index contributed by atoms with van der Waals surface area (Å²) in [4.78, 5) is 23.3. The topological polar surface area (TPSA) is 58.6 Å². The van der Waals surface area contributed by atoms with Gasteiger partial charge in [-0.2, -0.15) is 13.2 Å². The maximum Gasteiger partial charge on any atom is 0.437 e. The molecule has 0 aliphatic carbocycles. The number of anilines is 1. The highest BCUT2D eigenvalue weighted by Crippen LogP contribution is 2.36.